The Bertz CT molecular complexity index is 664. The molecule has 1 N–H and O–H groups in total. The van der Waals surface area contributed by atoms with Crippen molar-refractivity contribution in [3.63, 3.8) is 0 Å². The number of carboxylic acids is 1. The van der Waals surface area contributed by atoms with Crippen LogP contribution in [-0.4, -0.2) is 67.4 Å². The first-order valence-electron chi connectivity index (χ1n) is 9.92. The molecule has 1 aromatic rings. The molecule has 0 radical (unpaired) electrons. The van der Waals surface area contributed by atoms with E-state index in [2.05, 4.69) is 16.8 Å². The number of carbonyl (C=O) groups is 2. The van der Waals surface area contributed by atoms with Gasteiger partial charge in [0.2, 0.25) is 0 Å². The molecule has 1 fully saturated rings. The van der Waals surface area contributed by atoms with Crippen molar-refractivity contribution in [2.45, 2.75) is 45.6 Å². The van der Waals surface area contributed by atoms with Crippen LogP contribution < -0.4 is 9.80 Å². The summed E-state index contributed by atoms with van der Waals surface area (Å²) in [7, 11) is 2.11. The van der Waals surface area contributed by atoms with E-state index in [1.807, 2.05) is 45.0 Å². The SMILES string of the molecule is CN1CCN(c2ccccc2N(CCCCC(=O)O)C(=O)OC(C)(C)C)CC1. The minimum atomic E-state index is -0.818. The third-order valence-electron chi connectivity index (χ3n) is 4.65. The van der Waals surface area contributed by atoms with Gasteiger partial charge in [0.05, 0.1) is 11.4 Å². The Labute approximate surface area is 167 Å². The van der Waals surface area contributed by atoms with E-state index in [0.29, 0.717) is 19.4 Å². The number of nitrogens with zero attached hydrogens (tertiary/aromatic N) is 3. The number of unbranched alkanes of at least 4 members (excludes halogenated alkanes) is 1. The van der Waals surface area contributed by atoms with Crippen molar-refractivity contribution in [2.75, 3.05) is 49.6 Å². The normalized spacial score (nSPS) is 15.4. The number of anilines is 2. The molecule has 1 heterocycles. The lowest BCUT2D eigenvalue weighted by molar-refractivity contribution is -0.137. The lowest BCUT2D eigenvalue weighted by Crippen LogP contribution is -2.45. The van der Waals surface area contributed by atoms with Crippen LogP contribution in [0.2, 0.25) is 0 Å². The third kappa shape index (κ3) is 6.71. The first-order valence-corrected chi connectivity index (χ1v) is 9.92. The molecule has 1 aromatic carbocycles. The van der Waals surface area contributed by atoms with E-state index < -0.39 is 17.7 Å². The van der Waals surface area contributed by atoms with E-state index in [1.54, 1.807) is 4.90 Å². The largest absolute Gasteiger partial charge is 0.481 e. The van der Waals surface area contributed by atoms with Crippen LogP contribution in [0.5, 0.6) is 0 Å². The highest BCUT2D eigenvalue weighted by atomic mass is 16.6. The van der Waals surface area contributed by atoms with Crippen molar-refractivity contribution in [3.8, 4) is 0 Å². The molecule has 0 saturated carbocycles. The Kier molecular flexibility index (Phi) is 7.69. The Balaban J connectivity index is 2.23. The van der Waals surface area contributed by atoms with Crippen LogP contribution in [0.25, 0.3) is 0 Å². The molecule has 7 heteroatoms. The number of hydrogen-bond donors (Lipinski definition) is 1. The fourth-order valence-electron chi connectivity index (χ4n) is 3.18. The maximum absolute atomic E-state index is 12.9. The van der Waals surface area contributed by atoms with Crippen molar-refractivity contribution in [1.29, 1.82) is 0 Å². The van der Waals surface area contributed by atoms with Crippen molar-refractivity contribution in [1.82, 2.24) is 4.90 Å². The number of aliphatic carboxylic acids is 1. The predicted octanol–water partition coefficient (Wildman–Crippen LogP) is 3.43. The molecule has 156 valence electrons. The fourth-order valence-corrected chi connectivity index (χ4v) is 3.18. The van der Waals surface area contributed by atoms with E-state index in [4.69, 9.17) is 9.84 Å². The van der Waals surface area contributed by atoms with Crippen LogP contribution in [0.4, 0.5) is 16.2 Å². The number of para-hydroxylation sites is 2. The third-order valence-corrected chi connectivity index (χ3v) is 4.65. The molecule has 7 nitrogen and oxygen atoms in total. The summed E-state index contributed by atoms with van der Waals surface area (Å²) in [6, 6.07) is 7.88. The molecule has 0 aliphatic carbocycles. The van der Waals surface area contributed by atoms with Crippen molar-refractivity contribution < 1.29 is 19.4 Å². The highest BCUT2D eigenvalue weighted by Gasteiger charge is 2.27. The van der Waals surface area contributed by atoms with Gasteiger partial charge in [0.15, 0.2) is 0 Å². The topological polar surface area (TPSA) is 73.3 Å². The van der Waals surface area contributed by atoms with Gasteiger partial charge in [-0.3, -0.25) is 9.69 Å². The second kappa shape index (κ2) is 9.78. The summed E-state index contributed by atoms with van der Waals surface area (Å²) in [6.07, 6.45) is 0.820. The molecular formula is C21H33N3O4. The van der Waals surface area contributed by atoms with E-state index in [0.717, 1.165) is 37.6 Å². The van der Waals surface area contributed by atoms with Gasteiger partial charge >= 0.3 is 12.1 Å². The number of carbonyl (C=O) groups excluding carboxylic acids is 1. The lowest BCUT2D eigenvalue weighted by Gasteiger charge is -2.37. The van der Waals surface area contributed by atoms with E-state index in [1.165, 1.54) is 0 Å². The van der Waals surface area contributed by atoms with Gasteiger partial charge in [0.25, 0.3) is 0 Å². The van der Waals surface area contributed by atoms with Crippen molar-refractivity contribution in [3.05, 3.63) is 24.3 Å². The summed E-state index contributed by atoms with van der Waals surface area (Å²) < 4.78 is 5.64. The van der Waals surface area contributed by atoms with Gasteiger partial charge < -0.3 is 19.6 Å². The number of hydrogen-bond acceptors (Lipinski definition) is 5. The monoisotopic (exact) mass is 391 g/mol. The molecule has 0 aromatic heterocycles. The molecule has 1 aliphatic heterocycles. The van der Waals surface area contributed by atoms with E-state index in [9.17, 15) is 9.59 Å². The Morgan fingerprint density at radius 3 is 2.36 bits per heavy atom. The molecule has 0 bridgehead atoms. The van der Waals surface area contributed by atoms with Crippen LogP contribution in [0, 0.1) is 0 Å². The summed E-state index contributed by atoms with van der Waals surface area (Å²) in [5, 5.41) is 8.88. The molecule has 1 saturated heterocycles. The smallest absolute Gasteiger partial charge is 0.414 e. The molecule has 0 spiro atoms. The number of benzene rings is 1. The van der Waals surface area contributed by atoms with Gasteiger partial charge in [-0.15, -0.1) is 0 Å². The number of ether oxygens (including phenoxy) is 1. The Morgan fingerprint density at radius 2 is 1.75 bits per heavy atom. The average Bonchev–Trinajstić information content (AvgIpc) is 2.61. The zero-order valence-electron chi connectivity index (χ0n) is 17.5. The summed E-state index contributed by atoms with van der Waals surface area (Å²) >= 11 is 0. The van der Waals surface area contributed by atoms with Gasteiger partial charge in [0.1, 0.15) is 5.60 Å². The van der Waals surface area contributed by atoms with E-state index >= 15 is 0 Å². The van der Waals surface area contributed by atoms with Gasteiger partial charge in [0, 0.05) is 39.1 Å². The van der Waals surface area contributed by atoms with Crippen LogP contribution in [0.15, 0.2) is 24.3 Å². The fraction of sp³-hybridized carbons (Fsp3) is 0.619. The van der Waals surface area contributed by atoms with Crippen molar-refractivity contribution in [2.24, 2.45) is 0 Å². The lowest BCUT2D eigenvalue weighted by atomic mass is 10.1. The molecule has 0 unspecified atom stereocenters. The van der Waals surface area contributed by atoms with Gasteiger partial charge in [-0.1, -0.05) is 12.1 Å². The van der Waals surface area contributed by atoms with Crippen LogP contribution in [0.1, 0.15) is 40.0 Å². The highest BCUT2D eigenvalue weighted by molar-refractivity contribution is 5.92. The van der Waals surface area contributed by atoms with Gasteiger partial charge in [-0.05, 0) is 52.8 Å². The minimum absolute atomic E-state index is 0.0995. The summed E-state index contributed by atoms with van der Waals surface area (Å²) in [6.45, 7) is 9.70. The number of piperazine rings is 1. The summed E-state index contributed by atoms with van der Waals surface area (Å²) in [5.41, 5.74) is 1.23. The van der Waals surface area contributed by atoms with Gasteiger partial charge in [-0.2, -0.15) is 0 Å². The molecule has 1 aliphatic rings. The van der Waals surface area contributed by atoms with Gasteiger partial charge in [-0.25, -0.2) is 4.79 Å². The maximum atomic E-state index is 12.9. The standard InChI is InChI=1S/C21H33N3O4/c1-21(2,3)28-20(27)24(12-8-7-11-19(25)26)18-10-6-5-9-17(18)23-15-13-22(4)14-16-23/h5-6,9-10H,7-8,11-16H2,1-4H3,(H,25,26). The van der Waals surface area contributed by atoms with Crippen molar-refractivity contribution >= 4 is 23.4 Å². The first kappa shape index (κ1) is 22.0. The summed E-state index contributed by atoms with van der Waals surface area (Å²) in [5.74, 6) is -0.818. The zero-order chi connectivity index (χ0) is 20.7. The zero-order valence-corrected chi connectivity index (χ0v) is 17.5. The van der Waals surface area contributed by atoms with Crippen LogP contribution in [-0.2, 0) is 9.53 Å². The minimum Gasteiger partial charge on any atom is -0.481 e. The molecule has 1 amide bonds. The number of likely N-dealkylation sites (N-methyl/N-ethyl adjacent to an activating group) is 1. The Hall–Kier alpha value is -2.28. The highest BCUT2D eigenvalue weighted by Crippen LogP contribution is 2.31. The molecular weight excluding hydrogens is 358 g/mol. The number of carboxylic acid groups (broad SMARTS) is 1. The second-order valence-electron chi connectivity index (χ2n) is 8.26. The molecule has 0 atom stereocenters. The van der Waals surface area contributed by atoms with E-state index in [-0.39, 0.29) is 6.42 Å². The predicted molar refractivity (Wildman–Crippen MR) is 111 cm³/mol. The maximum Gasteiger partial charge on any atom is 0.414 e. The summed E-state index contributed by atoms with van der Waals surface area (Å²) in [4.78, 5) is 30.0. The number of amides is 1. The quantitative estimate of drug-likeness (QED) is 0.718. The Morgan fingerprint density at radius 1 is 1.11 bits per heavy atom. The number of rotatable bonds is 7. The molecule has 2 rings (SSSR count). The van der Waals surface area contributed by atoms with Crippen LogP contribution >= 0.6 is 0 Å². The second-order valence-corrected chi connectivity index (χ2v) is 8.26. The first-order chi connectivity index (χ1) is 13.2. The average molecular weight is 392 g/mol. The molecule has 28 heavy (non-hydrogen) atoms. The van der Waals surface area contributed by atoms with Crippen LogP contribution in [0.3, 0.4) is 0 Å².